The first-order valence-corrected chi connectivity index (χ1v) is 6.16. The Morgan fingerprint density at radius 3 is 2.50 bits per heavy atom. The second kappa shape index (κ2) is 3.60. The molecule has 0 atom stereocenters. The highest BCUT2D eigenvalue weighted by atomic mass is 32.2. The molecule has 0 unspecified atom stereocenters. The SMILES string of the molecule is CS(=O)(=O)Oc1n[nH]c(=O)c2ccccc12. The fraction of sp³-hybridized carbons (Fsp3) is 0.111. The van der Waals surface area contributed by atoms with E-state index < -0.39 is 15.7 Å². The summed E-state index contributed by atoms with van der Waals surface area (Å²) < 4.78 is 26.6. The molecule has 1 heterocycles. The van der Waals surface area contributed by atoms with Crippen molar-refractivity contribution in [3.05, 3.63) is 34.6 Å². The normalized spacial score (nSPS) is 11.6. The van der Waals surface area contributed by atoms with E-state index in [2.05, 4.69) is 14.4 Å². The number of hydrogen-bond donors (Lipinski definition) is 1. The van der Waals surface area contributed by atoms with Gasteiger partial charge in [0.15, 0.2) is 0 Å². The summed E-state index contributed by atoms with van der Waals surface area (Å²) in [4.78, 5) is 11.4. The summed E-state index contributed by atoms with van der Waals surface area (Å²) >= 11 is 0. The molecular formula is C9H8N2O4S. The average Bonchev–Trinajstić information content (AvgIpc) is 2.21. The van der Waals surface area contributed by atoms with Crippen LogP contribution in [0.15, 0.2) is 29.1 Å². The van der Waals surface area contributed by atoms with Crippen molar-refractivity contribution in [2.24, 2.45) is 0 Å². The van der Waals surface area contributed by atoms with Gasteiger partial charge in [-0.1, -0.05) is 12.1 Å². The van der Waals surface area contributed by atoms with Gasteiger partial charge in [0.1, 0.15) is 0 Å². The van der Waals surface area contributed by atoms with Crippen molar-refractivity contribution >= 4 is 20.9 Å². The molecule has 0 fully saturated rings. The highest BCUT2D eigenvalue weighted by Crippen LogP contribution is 2.19. The maximum Gasteiger partial charge on any atom is 0.307 e. The van der Waals surface area contributed by atoms with Gasteiger partial charge in [0.05, 0.1) is 17.0 Å². The van der Waals surface area contributed by atoms with E-state index >= 15 is 0 Å². The zero-order valence-corrected chi connectivity index (χ0v) is 9.11. The number of benzene rings is 1. The zero-order valence-electron chi connectivity index (χ0n) is 8.30. The van der Waals surface area contributed by atoms with Crippen LogP contribution in [0, 0.1) is 0 Å². The highest BCUT2D eigenvalue weighted by molar-refractivity contribution is 7.86. The first-order chi connectivity index (χ1) is 7.47. The third-order valence-corrected chi connectivity index (χ3v) is 2.35. The first-order valence-electron chi connectivity index (χ1n) is 4.34. The van der Waals surface area contributed by atoms with Gasteiger partial charge in [-0.15, -0.1) is 5.10 Å². The van der Waals surface area contributed by atoms with Crippen molar-refractivity contribution in [2.75, 3.05) is 6.26 Å². The van der Waals surface area contributed by atoms with E-state index in [4.69, 9.17) is 0 Å². The summed E-state index contributed by atoms with van der Waals surface area (Å²) in [5.74, 6) is -0.127. The monoisotopic (exact) mass is 240 g/mol. The van der Waals surface area contributed by atoms with Gasteiger partial charge in [0.25, 0.3) is 11.4 Å². The van der Waals surface area contributed by atoms with Crippen LogP contribution in [-0.4, -0.2) is 24.9 Å². The largest absolute Gasteiger partial charge is 0.360 e. The number of rotatable bonds is 2. The molecule has 1 aromatic carbocycles. The van der Waals surface area contributed by atoms with Crippen LogP contribution in [0.25, 0.3) is 10.8 Å². The van der Waals surface area contributed by atoms with E-state index in [1.807, 2.05) is 0 Å². The molecule has 0 amide bonds. The summed E-state index contributed by atoms with van der Waals surface area (Å²) in [6, 6.07) is 6.46. The predicted molar refractivity (Wildman–Crippen MR) is 57.8 cm³/mol. The minimum absolute atomic E-state index is 0.127. The molecule has 0 spiro atoms. The minimum Gasteiger partial charge on any atom is -0.360 e. The molecule has 16 heavy (non-hydrogen) atoms. The van der Waals surface area contributed by atoms with E-state index in [-0.39, 0.29) is 5.88 Å². The van der Waals surface area contributed by atoms with E-state index in [0.29, 0.717) is 10.8 Å². The van der Waals surface area contributed by atoms with E-state index in [9.17, 15) is 13.2 Å². The molecule has 0 bridgehead atoms. The van der Waals surface area contributed by atoms with Crippen LogP contribution in [0.3, 0.4) is 0 Å². The van der Waals surface area contributed by atoms with Gasteiger partial charge in [-0.2, -0.15) is 8.42 Å². The number of hydrogen-bond acceptors (Lipinski definition) is 5. The quantitative estimate of drug-likeness (QED) is 0.760. The fourth-order valence-corrected chi connectivity index (χ4v) is 1.71. The lowest BCUT2D eigenvalue weighted by atomic mass is 10.2. The Kier molecular flexibility index (Phi) is 2.39. The van der Waals surface area contributed by atoms with Crippen molar-refractivity contribution in [1.82, 2.24) is 10.2 Å². The number of nitrogens with one attached hydrogen (secondary N) is 1. The molecular weight excluding hydrogens is 232 g/mol. The molecule has 0 saturated carbocycles. The van der Waals surface area contributed by atoms with Gasteiger partial charge < -0.3 is 4.18 Å². The highest BCUT2D eigenvalue weighted by Gasteiger charge is 2.11. The summed E-state index contributed by atoms with van der Waals surface area (Å²) in [6.07, 6.45) is 0.911. The minimum atomic E-state index is -3.67. The predicted octanol–water partition coefficient (Wildman–Crippen LogP) is 0.261. The zero-order chi connectivity index (χ0) is 11.8. The lowest BCUT2D eigenvalue weighted by molar-refractivity contribution is 0.481. The summed E-state index contributed by atoms with van der Waals surface area (Å²) in [6.45, 7) is 0. The maximum atomic E-state index is 11.4. The van der Waals surface area contributed by atoms with E-state index in [1.165, 1.54) is 0 Å². The fourth-order valence-electron chi connectivity index (χ4n) is 1.30. The van der Waals surface area contributed by atoms with Crippen LogP contribution < -0.4 is 9.74 Å². The van der Waals surface area contributed by atoms with Crippen LogP contribution >= 0.6 is 0 Å². The van der Waals surface area contributed by atoms with Crippen LogP contribution in [0.5, 0.6) is 5.88 Å². The van der Waals surface area contributed by atoms with Crippen molar-refractivity contribution < 1.29 is 12.6 Å². The molecule has 84 valence electrons. The maximum absolute atomic E-state index is 11.4. The summed E-state index contributed by atoms with van der Waals surface area (Å²) in [5, 5.41) is 6.41. The Labute approximate surface area is 91.0 Å². The smallest absolute Gasteiger partial charge is 0.307 e. The van der Waals surface area contributed by atoms with Crippen LogP contribution in [0.4, 0.5) is 0 Å². The van der Waals surface area contributed by atoms with Crippen LogP contribution in [-0.2, 0) is 10.1 Å². The molecule has 0 saturated heterocycles. The lowest BCUT2D eigenvalue weighted by Gasteiger charge is -2.03. The Bertz CT molecular complexity index is 690. The van der Waals surface area contributed by atoms with E-state index in [1.54, 1.807) is 24.3 Å². The third-order valence-electron chi connectivity index (χ3n) is 1.89. The summed E-state index contributed by atoms with van der Waals surface area (Å²) in [7, 11) is -3.67. The van der Waals surface area contributed by atoms with Crippen molar-refractivity contribution in [3.63, 3.8) is 0 Å². The molecule has 1 aromatic heterocycles. The number of aromatic amines is 1. The standard InChI is InChI=1S/C9H8N2O4S/c1-16(13,14)15-9-7-5-3-2-4-6(7)8(12)10-11-9/h2-5H,1H3,(H,10,12). The second-order valence-electron chi connectivity index (χ2n) is 3.19. The second-order valence-corrected chi connectivity index (χ2v) is 4.77. The summed E-state index contributed by atoms with van der Waals surface area (Å²) in [5.41, 5.74) is -0.392. The van der Waals surface area contributed by atoms with Crippen LogP contribution in [0.2, 0.25) is 0 Å². The average molecular weight is 240 g/mol. The molecule has 0 aliphatic rings. The van der Waals surface area contributed by atoms with E-state index in [0.717, 1.165) is 6.26 Å². The number of aromatic nitrogens is 2. The number of H-pyrrole nitrogens is 1. The molecule has 1 N–H and O–H groups in total. The lowest BCUT2D eigenvalue weighted by Crippen LogP contribution is -2.13. The van der Waals surface area contributed by atoms with Gasteiger partial charge in [-0.05, 0) is 12.1 Å². The Balaban J connectivity index is 2.73. The van der Waals surface area contributed by atoms with Crippen molar-refractivity contribution in [3.8, 4) is 5.88 Å². The Morgan fingerprint density at radius 2 is 1.88 bits per heavy atom. The molecule has 2 aromatic rings. The van der Waals surface area contributed by atoms with Crippen molar-refractivity contribution in [2.45, 2.75) is 0 Å². The van der Waals surface area contributed by atoms with Crippen LogP contribution in [0.1, 0.15) is 0 Å². The van der Waals surface area contributed by atoms with Gasteiger partial charge in [-0.3, -0.25) is 4.79 Å². The number of fused-ring (bicyclic) bond motifs is 1. The molecule has 0 radical (unpaired) electrons. The Morgan fingerprint density at radius 1 is 1.25 bits per heavy atom. The third kappa shape index (κ3) is 2.03. The molecule has 0 aliphatic carbocycles. The van der Waals surface area contributed by atoms with Gasteiger partial charge in [0.2, 0.25) is 0 Å². The molecule has 7 heteroatoms. The molecule has 0 aliphatic heterocycles. The first kappa shape index (κ1) is 10.6. The van der Waals surface area contributed by atoms with Gasteiger partial charge >= 0.3 is 10.1 Å². The molecule has 6 nitrogen and oxygen atoms in total. The topological polar surface area (TPSA) is 89.1 Å². The van der Waals surface area contributed by atoms with Crippen molar-refractivity contribution in [1.29, 1.82) is 0 Å². The van der Waals surface area contributed by atoms with Gasteiger partial charge in [0, 0.05) is 0 Å². The van der Waals surface area contributed by atoms with Gasteiger partial charge in [-0.25, -0.2) is 5.10 Å². The Hall–Kier alpha value is -1.89. The molecule has 2 rings (SSSR count). The number of nitrogens with zero attached hydrogens (tertiary/aromatic N) is 1.